The third kappa shape index (κ3) is 40.0. The number of ether oxygens (including phenoxy) is 2. The van der Waals surface area contributed by atoms with Crippen molar-refractivity contribution in [3.63, 3.8) is 0 Å². The minimum atomic E-state index is -4.36. The van der Waals surface area contributed by atoms with Gasteiger partial charge >= 0.3 is 19.8 Å². The second-order valence-electron chi connectivity index (χ2n) is 14.9. The van der Waals surface area contributed by atoms with Crippen LogP contribution in [-0.4, -0.2) is 68.3 Å². The van der Waals surface area contributed by atoms with Crippen LogP contribution in [-0.2, 0) is 32.7 Å². The zero-order chi connectivity index (χ0) is 39.1. The van der Waals surface area contributed by atoms with E-state index in [1.165, 1.54) is 96.3 Å². The first-order valence-corrected chi connectivity index (χ1v) is 23.1. The van der Waals surface area contributed by atoms with Crippen molar-refractivity contribution < 1.29 is 37.6 Å². The Morgan fingerprint density at radius 1 is 0.566 bits per heavy atom. The van der Waals surface area contributed by atoms with Crippen LogP contribution < -0.4 is 0 Å². The molecule has 0 spiro atoms. The zero-order valence-electron chi connectivity index (χ0n) is 34.7. The molecule has 0 rings (SSSR count). The van der Waals surface area contributed by atoms with E-state index >= 15 is 0 Å². The molecular formula is C43H82NO8P. The summed E-state index contributed by atoms with van der Waals surface area (Å²) >= 11 is 0. The summed E-state index contributed by atoms with van der Waals surface area (Å²) in [6, 6.07) is 0. The molecule has 0 aliphatic heterocycles. The van der Waals surface area contributed by atoms with Crippen LogP contribution in [0, 0.1) is 0 Å². The van der Waals surface area contributed by atoms with Crippen molar-refractivity contribution in [3.8, 4) is 0 Å². The van der Waals surface area contributed by atoms with E-state index in [4.69, 9.17) is 18.5 Å². The van der Waals surface area contributed by atoms with Gasteiger partial charge in [-0.05, 0) is 78.3 Å². The van der Waals surface area contributed by atoms with E-state index in [1.807, 2.05) is 19.0 Å². The van der Waals surface area contributed by atoms with Gasteiger partial charge in [0.1, 0.15) is 6.61 Å². The average molecular weight is 772 g/mol. The number of esters is 2. The fourth-order valence-corrected chi connectivity index (χ4v) is 6.59. The predicted molar refractivity (Wildman–Crippen MR) is 220 cm³/mol. The molecule has 0 aromatic rings. The van der Waals surface area contributed by atoms with Gasteiger partial charge in [0, 0.05) is 19.4 Å². The Labute approximate surface area is 326 Å². The molecule has 0 saturated heterocycles. The summed E-state index contributed by atoms with van der Waals surface area (Å²) < 4.78 is 33.4. The molecule has 0 amide bonds. The smallest absolute Gasteiger partial charge is 0.462 e. The Hall–Kier alpha value is -1.51. The molecule has 0 aromatic carbocycles. The first kappa shape index (κ1) is 51.5. The molecule has 9 nitrogen and oxygen atoms in total. The largest absolute Gasteiger partial charge is 0.472 e. The number of carbonyl (C=O) groups is 2. The second-order valence-corrected chi connectivity index (χ2v) is 16.3. The number of likely N-dealkylation sites (N-methyl/N-ethyl adjacent to an activating group) is 1. The van der Waals surface area contributed by atoms with Gasteiger partial charge in [-0.2, -0.15) is 0 Å². The third-order valence-corrected chi connectivity index (χ3v) is 10.2. The van der Waals surface area contributed by atoms with Gasteiger partial charge < -0.3 is 19.3 Å². The van der Waals surface area contributed by atoms with Gasteiger partial charge in [-0.1, -0.05) is 141 Å². The number of hydrogen-bond donors (Lipinski definition) is 1. The Bertz CT molecular complexity index is 941. The van der Waals surface area contributed by atoms with E-state index < -0.39 is 26.5 Å². The molecule has 0 saturated carbocycles. The molecule has 0 fully saturated rings. The topological polar surface area (TPSA) is 112 Å². The lowest BCUT2D eigenvalue weighted by Crippen LogP contribution is -2.29. The molecular weight excluding hydrogens is 689 g/mol. The maximum Gasteiger partial charge on any atom is 0.472 e. The predicted octanol–water partition coefficient (Wildman–Crippen LogP) is 12.2. The highest BCUT2D eigenvalue weighted by molar-refractivity contribution is 7.47. The maximum atomic E-state index is 12.6. The van der Waals surface area contributed by atoms with Crippen molar-refractivity contribution >= 4 is 19.8 Å². The molecule has 0 radical (unpaired) electrons. The Kier molecular flexibility index (Phi) is 37.6. The number of allylic oxidation sites excluding steroid dienone is 4. The standard InChI is InChI=1S/C43H82NO8P/c1-5-7-9-11-13-15-17-19-21-23-25-27-29-31-33-35-42(45)49-39-41(40-51-53(47,48)50-38-37-44(3)4)52-43(46)36-34-32-30-28-26-24-22-20-18-16-14-12-10-8-6-2/h16,18-19,21,41H,5-15,17,20,22-40H2,1-4H3,(H,47,48)/b18-16-,21-19-. The Balaban J connectivity index is 4.31. The number of hydrogen-bond acceptors (Lipinski definition) is 8. The summed E-state index contributed by atoms with van der Waals surface area (Å²) in [5, 5.41) is 0. The van der Waals surface area contributed by atoms with Crippen LogP contribution in [0.15, 0.2) is 24.3 Å². The quantitative estimate of drug-likeness (QED) is 0.0281. The van der Waals surface area contributed by atoms with Gasteiger partial charge in [0.2, 0.25) is 0 Å². The van der Waals surface area contributed by atoms with Crippen LogP contribution in [0.5, 0.6) is 0 Å². The first-order chi connectivity index (χ1) is 25.7. The monoisotopic (exact) mass is 772 g/mol. The van der Waals surface area contributed by atoms with Gasteiger partial charge in [0.15, 0.2) is 6.10 Å². The number of phosphoric ester groups is 1. The molecule has 1 N–H and O–H groups in total. The van der Waals surface area contributed by atoms with E-state index in [0.29, 0.717) is 13.0 Å². The van der Waals surface area contributed by atoms with Gasteiger partial charge in [-0.15, -0.1) is 0 Å². The molecule has 0 heterocycles. The number of unbranched alkanes of at least 4 members (excludes halogenated alkanes) is 22. The Morgan fingerprint density at radius 3 is 1.42 bits per heavy atom. The summed E-state index contributed by atoms with van der Waals surface area (Å²) in [5.74, 6) is -0.814. The van der Waals surface area contributed by atoms with E-state index in [9.17, 15) is 19.0 Å². The third-order valence-electron chi connectivity index (χ3n) is 9.23. The van der Waals surface area contributed by atoms with Crippen molar-refractivity contribution in [1.82, 2.24) is 4.90 Å². The molecule has 0 aromatic heterocycles. The van der Waals surface area contributed by atoms with Gasteiger partial charge in [0.25, 0.3) is 0 Å². The van der Waals surface area contributed by atoms with Crippen molar-refractivity contribution in [1.29, 1.82) is 0 Å². The number of carbonyl (C=O) groups excluding carboxylic acids is 2. The number of phosphoric acid groups is 1. The van der Waals surface area contributed by atoms with Crippen molar-refractivity contribution in [2.24, 2.45) is 0 Å². The van der Waals surface area contributed by atoms with E-state index in [1.54, 1.807) is 0 Å². The highest BCUT2D eigenvalue weighted by Crippen LogP contribution is 2.43. The molecule has 2 unspecified atom stereocenters. The van der Waals surface area contributed by atoms with Crippen molar-refractivity contribution in [2.75, 3.05) is 40.5 Å². The summed E-state index contributed by atoms with van der Waals surface area (Å²) in [7, 11) is -0.713. The van der Waals surface area contributed by atoms with Crippen molar-refractivity contribution in [3.05, 3.63) is 24.3 Å². The van der Waals surface area contributed by atoms with E-state index in [-0.39, 0.29) is 32.0 Å². The lowest BCUT2D eigenvalue weighted by Gasteiger charge is -2.20. The first-order valence-electron chi connectivity index (χ1n) is 21.6. The Morgan fingerprint density at radius 2 is 0.962 bits per heavy atom. The number of rotatable bonds is 40. The van der Waals surface area contributed by atoms with Crippen LogP contribution in [0.1, 0.15) is 194 Å². The van der Waals surface area contributed by atoms with Crippen molar-refractivity contribution in [2.45, 2.75) is 200 Å². The minimum absolute atomic E-state index is 0.00636. The highest BCUT2D eigenvalue weighted by Gasteiger charge is 2.26. The molecule has 53 heavy (non-hydrogen) atoms. The minimum Gasteiger partial charge on any atom is -0.462 e. The van der Waals surface area contributed by atoms with E-state index in [0.717, 1.165) is 64.2 Å². The molecule has 2 atom stereocenters. The van der Waals surface area contributed by atoms with Gasteiger partial charge in [0.05, 0.1) is 13.2 Å². The van der Waals surface area contributed by atoms with Crippen LogP contribution >= 0.6 is 7.82 Å². The van der Waals surface area contributed by atoms with Crippen LogP contribution in [0.2, 0.25) is 0 Å². The average Bonchev–Trinajstić information content (AvgIpc) is 3.12. The van der Waals surface area contributed by atoms with Crippen LogP contribution in [0.3, 0.4) is 0 Å². The molecule has 0 aliphatic carbocycles. The number of nitrogens with zero attached hydrogens (tertiary/aromatic N) is 1. The molecule has 10 heteroatoms. The fraction of sp³-hybridized carbons (Fsp3) is 0.860. The second kappa shape index (κ2) is 38.8. The normalized spacial score (nSPS) is 13.6. The van der Waals surface area contributed by atoms with Gasteiger partial charge in [-0.25, -0.2) is 4.57 Å². The lowest BCUT2D eigenvalue weighted by molar-refractivity contribution is -0.161. The fourth-order valence-electron chi connectivity index (χ4n) is 5.85. The van der Waals surface area contributed by atoms with Crippen LogP contribution in [0.4, 0.5) is 0 Å². The highest BCUT2D eigenvalue weighted by atomic mass is 31.2. The summed E-state index contributed by atoms with van der Waals surface area (Å²) in [6.07, 6.45) is 39.3. The zero-order valence-corrected chi connectivity index (χ0v) is 35.6. The summed E-state index contributed by atoms with van der Waals surface area (Å²) in [5.41, 5.74) is 0. The van der Waals surface area contributed by atoms with Crippen LogP contribution in [0.25, 0.3) is 0 Å². The van der Waals surface area contributed by atoms with E-state index in [2.05, 4.69) is 38.2 Å². The lowest BCUT2D eigenvalue weighted by atomic mass is 10.1. The molecule has 312 valence electrons. The summed E-state index contributed by atoms with van der Waals surface area (Å²) in [6.45, 7) is 4.30. The summed E-state index contributed by atoms with van der Waals surface area (Å²) in [4.78, 5) is 37.0. The maximum absolute atomic E-state index is 12.6. The molecule has 0 bridgehead atoms. The SMILES string of the molecule is CCCCCC/C=C\CCCCCCCCCC(=O)OC(COC(=O)CCCCCCC/C=C\CCCCCCCC)COP(=O)(O)OCCN(C)C. The molecule has 0 aliphatic rings. The van der Waals surface area contributed by atoms with Gasteiger partial charge in [-0.3, -0.25) is 18.6 Å².